The normalized spacial score (nSPS) is 10.5. The number of nitrogens with zero attached hydrogens (tertiary/aromatic N) is 1. The van der Waals surface area contributed by atoms with Gasteiger partial charge in [0.25, 0.3) is 0 Å². The summed E-state index contributed by atoms with van der Waals surface area (Å²) in [6, 6.07) is 0. The average Bonchev–Trinajstić information content (AvgIpc) is 2.34. The van der Waals surface area contributed by atoms with Gasteiger partial charge in [-0.3, -0.25) is 4.79 Å². The van der Waals surface area contributed by atoms with Crippen molar-refractivity contribution in [2.45, 2.75) is 20.3 Å². The Morgan fingerprint density at radius 2 is 2.45 bits per heavy atom. The largest absolute Gasteiger partial charge is 0.448 e. The first-order valence-corrected chi connectivity index (χ1v) is 3.61. The van der Waals surface area contributed by atoms with Gasteiger partial charge in [0.05, 0.1) is 0 Å². The van der Waals surface area contributed by atoms with Gasteiger partial charge in [0.1, 0.15) is 11.5 Å². The van der Waals surface area contributed by atoms with Crippen molar-refractivity contribution in [2.24, 2.45) is 5.92 Å². The Balaban J connectivity index is 2.76. The first-order chi connectivity index (χ1) is 5.24. The van der Waals surface area contributed by atoms with Crippen LogP contribution >= 0.6 is 0 Å². The molecule has 3 nitrogen and oxygen atoms in total. The lowest BCUT2D eigenvalue weighted by Crippen LogP contribution is -1.96. The van der Waals surface area contributed by atoms with Crippen molar-refractivity contribution in [1.29, 1.82) is 0 Å². The second-order valence-corrected chi connectivity index (χ2v) is 2.88. The number of carbonyl (C=O) groups excluding carboxylic acids is 1. The van der Waals surface area contributed by atoms with Crippen molar-refractivity contribution in [3.63, 3.8) is 0 Å². The maximum Gasteiger partial charge on any atom is 0.181 e. The van der Waals surface area contributed by atoms with Crippen molar-refractivity contribution < 1.29 is 9.21 Å². The predicted octanol–water partition coefficient (Wildman–Crippen LogP) is 1.69. The SMILES string of the molecule is CC(C)Cc1ocnc1C=O. The summed E-state index contributed by atoms with van der Waals surface area (Å²) >= 11 is 0. The Kier molecular flexibility index (Phi) is 2.41. The second kappa shape index (κ2) is 3.32. The van der Waals surface area contributed by atoms with Gasteiger partial charge in [-0.05, 0) is 5.92 Å². The molecule has 1 heterocycles. The summed E-state index contributed by atoms with van der Waals surface area (Å²) in [4.78, 5) is 14.1. The summed E-state index contributed by atoms with van der Waals surface area (Å²) in [5, 5.41) is 0. The highest BCUT2D eigenvalue weighted by molar-refractivity contribution is 5.72. The van der Waals surface area contributed by atoms with E-state index in [9.17, 15) is 4.79 Å². The number of hydrogen-bond donors (Lipinski definition) is 0. The van der Waals surface area contributed by atoms with Crippen LogP contribution < -0.4 is 0 Å². The molecule has 3 heteroatoms. The molecule has 0 aromatic carbocycles. The molecule has 0 N–H and O–H groups in total. The summed E-state index contributed by atoms with van der Waals surface area (Å²) in [7, 11) is 0. The molecule has 60 valence electrons. The van der Waals surface area contributed by atoms with E-state index in [1.54, 1.807) is 0 Å². The molecule has 0 amide bonds. The van der Waals surface area contributed by atoms with Gasteiger partial charge in [0.15, 0.2) is 12.7 Å². The lowest BCUT2D eigenvalue weighted by molar-refractivity contribution is 0.111. The highest BCUT2D eigenvalue weighted by atomic mass is 16.3. The Labute approximate surface area is 65.4 Å². The van der Waals surface area contributed by atoms with Gasteiger partial charge in [-0.15, -0.1) is 0 Å². The molecule has 1 aromatic heterocycles. The molecule has 1 aromatic rings. The maximum absolute atomic E-state index is 10.3. The molecule has 11 heavy (non-hydrogen) atoms. The van der Waals surface area contributed by atoms with E-state index in [1.165, 1.54) is 6.39 Å². The van der Waals surface area contributed by atoms with Crippen LogP contribution in [0.2, 0.25) is 0 Å². The molecule has 0 unspecified atom stereocenters. The van der Waals surface area contributed by atoms with Gasteiger partial charge >= 0.3 is 0 Å². The van der Waals surface area contributed by atoms with Crippen molar-refractivity contribution in [3.05, 3.63) is 17.8 Å². The minimum Gasteiger partial charge on any atom is -0.448 e. The van der Waals surface area contributed by atoms with Crippen molar-refractivity contribution in [3.8, 4) is 0 Å². The number of aromatic nitrogens is 1. The molecule has 0 aliphatic rings. The molecule has 1 rings (SSSR count). The van der Waals surface area contributed by atoms with Crippen LogP contribution in [0.5, 0.6) is 0 Å². The molecular weight excluding hydrogens is 142 g/mol. The summed E-state index contributed by atoms with van der Waals surface area (Å²) < 4.78 is 5.02. The Bertz CT molecular complexity index is 240. The Hall–Kier alpha value is -1.12. The number of carbonyl (C=O) groups is 1. The molecule has 0 aliphatic heterocycles. The van der Waals surface area contributed by atoms with Crippen LogP contribution in [0.4, 0.5) is 0 Å². The predicted molar refractivity (Wildman–Crippen MR) is 40.4 cm³/mol. The quantitative estimate of drug-likeness (QED) is 0.620. The molecule has 0 saturated carbocycles. The second-order valence-electron chi connectivity index (χ2n) is 2.88. The summed E-state index contributed by atoms with van der Waals surface area (Å²) in [6.07, 6.45) is 2.80. The third kappa shape index (κ3) is 1.90. The van der Waals surface area contributed by atoms with Gasteiger partial charge in [0.2, 0.25) is 0 Å². The minimum atomic E-state index is 0.429. The van der Waals surface area contributed by atoms with Gasteiger partial charge in [-0.25, -0.2) is 4.98 Å². The van der Waals surface area contributed by atoms with E-state index in [-0.39, 0.29) is 0 Å². The fourth-order valence-corrected chi connectivity index (χ4v) is 0.899. The maximum atomic E-state index is 10.3. The van der Waals surface area contributed by atoms with E-state index in [4.69, 9.17) is 4.42 Å². The lowest BCUT2D eigenvalue weighted by Gasteiger charge is -1.99. The van der Waals surface area contributed by atoms with Crippen LogP contribution in [0.15, 0.2) is 10.8 Å². The number of aldehydes is 1. The smallest absolute Gasteiger partial charge is 0.181 e. The van der Waals surface area contributed by atoms with E-state index in [1.807, 2.05) is 0 Å². The number of hydrogen-bond acceptors (Lipinski definition) is 3. The lowest BCUT2D eigenvalue weighted by atomic mass is 10.1. The summed E-state index contributed by atoms with van der Waals surface area (Å²) in [6.45, 7) is 4.13. The molecular formula is C8H11NO2. The zero-order chi connectivity index (χ0) is 8.27. The standard InChI is InChI=1S/C8H11NO2/c1-6(2)3-8-7(4-10)9-5-11-8/h4-6H,3H2,1-2H3. The van der Waals surface area contributed by atoms with Gasteiger partial charge in [-0.1, -0.05) is 13.8 Å². The van der Waals surface area contributed by atoms with Crippen molar-refractivity contribution in [2.75, 3.05) is 0 Å². The van der Waals surface area contributed by atoms with E-state index in [0.717, 1.165) is 12.7 Å². The fourth-order valence-electron chi connectivity index (χ4n) is 0.899. The molecule has 0 radical (unpaired) electrons. The van der Waals surface area contributed by atoms with Gasteiger partial charge in [-0.2, -0.15) is 0 Å². The highest BCUT2D eigenvalue weighted by Gasteiger charge is 2.07. The van der Waals surface area contributed by atoms with E-state index < -0.39 is 0 Å². The molecule has 0 fully saturated rings. The molecule has 0 saturated heterocycles. The summed E-state index contributed by atoms with van der Waals surface area (Å²) in [5.41, 5.74) is 0.429. The third-order valence-corrected chi connectivity index (χ3v) is 1.38. The zero-order valence-corrected chi connectivity index (χ0v) is 6.70. The number of rotatable bonds is 3. The van der Waals surface area contributed by atoms with E-state index in [2.05, 4.69) is 18.8 Å². The molecule has 0 bridgehead atoms. The average molecular weight is 153 g/mol. The monoisotopic (exact) mass is 153 g/mol. The van der Waals surface area contributed by atoms with Crippen LogP contribution in [0.25, 0.3) is 0 Å². The molecule has 0 aliphatic carbocycles. The fraction of sp³-hybridized carbons (Fsp3) is 0.500. The first-order valence-electron chi connectivity index (χ1n) is 3.61. The first kappa shape index (κ1) is 7.98. The highest BCUT2D eigenvalue weighted by Crippen LogP contribution is 2.10. The zero-order valence-electron chi connectivity index (χ0n) is 6.70. The Morgan fingerprint density at radius 1 is 1.73 bits per heavy atom. The van der Waals surface area contributed by atoms with Crippen LogP contribution in [-0.4, -0.2) is 11.3 Å². The third-order valence-electron chi connectivity index (χ3n) is 1.38. The minimum absolute atomic E-state index is 0.429. The molecule has 0 spiro atoms. The van der Waals surface area contributed by atoms with Crippen LogP contribution in [0, 0.1) is 5.92 Å². The van der Waals surface area contributed by atoms with Gasteiger partial charge < -0.3 is 4.42 Å². The van der Waals surface area contributed by atoms with Crippen LogP contribution in [0.1, 0.15) is 30.1 Å². The topological polar surface area (TPSA) is 43.1 Å². The number of oxazole rings is 1. The Morgan fingerprint density at radius 3 is 3.00 bits per heavy atom. The van der Waals surface area contributed by atoms with Crippen LogP contribution in [0.3, 0.4) is 0 Å². The summed E-state index contributed by atoms with van der Waals surface area (Å²) in [5.74, 6) is 1.18. The van der Waals surface area contributed by atoms with E-state index in [0.29, 0.717) is 17.4 Å². The van der Waals surface area contributed by atoms with Crippen molar-refractivity contribution in [1.82, 2.24) is 4.98 Å². The van der Waals surface area contributed by atoms with Gasteiger partial charge in [0, 0.05) is 6.42 Å². The molecule has 0 atom stereocenters. The van der Waals surface area contributed by atoms with E-state index >= 15 is 0 Å². The van der Waals surface area contributed by atoms with Crippen LogP contribution in [-0.2, 0) is 6.42 Å². The van der Waals surface area contributed by atoms with Crippen molar-refractivity contribution >= 4 is 6.29 Å².